The maximum atomic E-state index is 13.7. The zero-order valence-electron chi connectivity index (χ0n) is 22.7. The largest absolute Gasteiger partial charge is 0.493 e. The summed E-state index contributed by atoms with van der Waals surface area (Å²) in [7, 11) is 3.23. The predicted molar refractivity (Wildman–Crippen MR) is 141 cm³/mol. The summed E-state index contributed by atoms with van der Waals surface area (Å²) >= 11 is 0. The van der Waals surface area contributed by atoms with Gasteiger partial charge in [-0.2, -0.15) is 13.2 Å². The molecule has 0 bridgehead atoms. The van der Waals surface area contributed by atoms with Gasteiger partial charge in [-0.05, 0) is 81.0 Å². The topological polar surface area (TPSA) is 72.1 Å². The first-order valence-electron chi connectivity index (χ1n) is 13.6. The summed E-state index contributed by atoms with van der Waals surface area (Å²) < 4.78 is 69.7. The van der Waals surface area contributed by atoms with Gasteiger partial charge in [-0.15, -0.1) is 0 Å². The summed E-state index contributed by atoms with van der Waals surface area (Å²) in [5.74, 6) is -0.0403. The third kappa shape index (κ3) is 5.58. The van der Waals surface area contributed by atoms with Crippen LogP contribution in [0.25, 0.3) is 0 Å². The number of amides is 2. The molecule has 0 radical (unpaired) electrons. The van der Waals surface area contributed by atoms with Gasteiger partial charge in [0.15, 0.2) is 11.5 Å². The van der Waals surface area contributed by atoms with Crippen LogP contribution in [-0.4, -0.2) is 63.0 Å². The second kappa shape index (κ2) is 11.4. The molecule has 0 aromatic heterocycles. The van der Waals surface area contributed by atoms with Crippen molar-refractivity contribution in [2.75, 3.05) is 39.3 Å². The Labute approximate surface area is 231 Å². The van der Waals surface area contributed by atoms with E-state index in [1.54, 1.807) is 14.2 Å². The van der Waals surface area contributed by atoms with Gasteiger partial charge in [-0.1, -0.05) is 6.07 Å². The van der Waals surface area contributed by atoms with Crippen LogP contribution in [0.3, 0.4) is 0 Å². The molecule has 0 unspecified atom stereocenters. The molecule has 218 valence electrons. The zero-order valence-corrected chi connectivity index (χ0v) is 22.7. The molecular weight excluding hydrogens is 530 g/mol. The van der Waals surface area contributed by atoms with Gasteiger partial charge in [0, 0.05) is 42.4 Å². The monoisotopic (exact) mass is 565 g/mol. The molecule has 3 atom stereocenters. The lowest BCUT2D eigenvalue weighted by atomic mass is 9.65. The van der Waals surface area contributed by atoms with Crippen LogP contribution >= 0.6 is 0 Å². The third-order valence-electron chi connectivity index (χ3n) is 8.78. The molecule has 40 heavy (non-hydrogen) atoms. The standard InChI is InChI=1S/C29H35F4N3O4/c1-38-24-6-3-18(15-25(24)39-2)28-10-7-20(17-26(28)36(12-11-28)21-8-13-40-14-9-21)35-27(37)34-19-4-5-23(30)22(16-19)29(31,32)33/h3-6,15-16,20-21,26H,7-14,17H2,1-2H3,(H2,34,35,37)/t20-,26+,28+/m1/s1. The van der Waals surface area contributed by atoms with Crippen LogP contribution in [0.1, 0.15) is 49.7 Å². The van der Waals surface area contributed by atoms with Crippen molar-refractivity contribution in [3.8, 4) is 11.5 Å². The van der Waals surface area contributed by atoms with Crippen LogP contribution in [0, 0.1) is 5.82 Å². The number of benzene rings is 2. The Morgan fingerprint density at radius 2 is 1.77 bits per heavy atom. The van der Waals surface area contributed by atoms with E-state index in [1.165, 1.54) is 5.56 Å². The maximum Gasteiger partial charge on any atom is 0.419 e. The second-order valence-electron chi connectivity index (χ2n) is 10.8. The summed E-state index contributed by atoms with van der Waals surface area (Å²) in [6.45, 7) is 2.37. The number of fused-ring (bicyclic) bond motifs is 1. The van der Waals surface area contributed by atoms with Crippen LogP contribution in [0.5, 0.6) is 11.5 Å². The van der Waals surface area contributed by atoms with Gasteiger partial charge >= 0.3 is 12.2 Å². The van der Waals surface area contributed by atoms with Crippen LogP contribution in [-0.2, 0) is 16.3 Å². The molecule has 2 aromatic rings. The predicted octanol–water partition coefficient (Wildman–Crippen LogP) is 5.73. The van der Waals surface area contributed by atoms with Crippen molar-refractivity contribution >= 4 is 11.7 Å². The summed E-state index contributed by atoms with van der Waals surface area (Å²) in [6, 6.07) is 8.29. The van der Waals surface area contributed by atoms with E-state index in [1.807, 2.05) is 6.07 Å². The lowest BCUT2D eigenvalue weighted by molar-refractivity contribution is -0.139. The first-order valence-corrected chi connectivity index (χ1v) is 13.6. The maximum absolute atomic E-state index is 13.7. The number of nitrogens with zero attached hydrogens (tertiary/aromatic N) is 1. The summed E-state index contributed by atoms with van der Waals surface area (Å²) in [6.07, 6.45) is 0.233. The molecule has 11 heteroatoms. The van der Waals surface area contributed by atoms with Gasteiger partial charge in [0.2, 0.25) is 0 Å². The normalized spacial score (nSPS) is 25.8. The number of rotatable bonds is 6. The van der Waals surface area contributed by atoms with Crippen molar-refractivity contribution in [1.29, 1.82) is 0 Å². The first-order chi connectivity index (χ1) is 19.1. The number of methoxy groups -OCH3 is 2. The Hall–Kier alpha value is -3.05. The van der Waals surface area contributed by atoms with E-state index in [-0.39, 0.29) is 23.2 Å². The average molecular weight is 566 g/mol. The number of alkyl halides is 3. The van der Waals surface area contributed by atoms with Crippen LogP contribution in [0.4, 0.5) is 28.0 Å². The number of carbonyl (C=O) groups is 1. The van der Waals surface area contributed by atoms with Gasteiger partial charge in [-0.25, -0.2) is 9.18 Å². The highest BCUT2D eigenvalue weighted by Crippen LogP contribution is 2.51. The number of urea groups is 1. The van der Waals surface area contributed by atoms with E-state index in [4.69, 9.17) is 14.2 Å². The van der Waals surface area contributed by atoms with E-state index >= 15 is 0 Å². The smallest absolute Gasteiger partial charge is 0.419 e. The van der Waals surface area contributed by atoms with Crippen molar-refractivity contribution in [3.05, 3.63) is 53.3 Å². The highest BCUT2D eigenvalue weighted by Gasteiger charge is 2.53. The Morgan fingerprint density at radius 3 is 2.48 bits per heavy atom. The number of hydrogen-bond donors (Lipinski definition) is 2. The van der Waals surface area contributed by atoms with E-state index in [2.05, 4.69) is 27.7 Å². The van der Waals surface area contributed by atoms with Crippen LogP contribution < -0.4 is 20.1 Å². The quantitative estimate of drug-likeness (QED) is 0.438. The van der Waals surface area contributed by atoms with E-state index < -0.39 is 23.6 Å². The highest BCUT2D eigenvalue weighted by molar-refractivity contribution is 5.89. The molecule has 2 heterocycles. The van der Waals surface area contributed by atoms with Crippen molar-refractivity contribution < 1.29 is 36.6 Å². The molecule has 7 nitrogen and oxygen atoms in total. The molecule has 2 saturated heterocycles. The zero-order chi connectivity index (χ0) is 28.5. The fraction of sp³-hybridized carbons (Fsp3) is 0.552. The molecule has 3 fully saturated rings. The van der Waals surface area contributed by atoms with Crippen molar-refractivity contribution in [2.24, 2.45) is 0 Å². The van der Waals surface area contributed by atoms with Gasteiger partial charge in [0.05, 0.1) is 19.8 Å². The number of nitrogens with one attached hydrogen (secondary N) is 2. The van der Waals surface area contributed by atoms with Gasteiger partial charge in [0.1, 0.15) is 5.82 Å². The van der Waals surface area contributed by atoms with E-state index in [9.17, 15) is 22.4 Å². The molecule has 2 amide bonds. The molecule has 1 saturated carbocycles. The molecule has 1 aliphatic carbocycles. The Kier molecular flexibility index (Phi) is 8.15. The SMILES string of the molecule is COc1ccc([C@@]23CC[C@@H](NC(=O)Nc4ccc(F)c(C(F)(F)F)c4)C[C@@H]2N(C2CCOCC2)CC3)cc1OC. The van der Waals surface area contributed by atoms with Gasteiger partial charge < -0.3 is 24.8 Å². The number of hydrogen-bond acceptors (Lipinski definition) is 5. The van der Waals surface area contributed by atoms with Gasteiger partial charge in [-0.3, -0.25) is 4.90 Å². The molecule has 2 aromatic carbocycles. The van der Waals surface area contributed by atoms with Crippen LogP contribution in [0.2, 0.25) is 0 Å². The van der Waals surface area contributed by atoms with E-state index in [0.29, 0.717) is 42.5 Å². The molecule has 2 aliphatic heterocycles. The average Bonchev–Trinajstić information content (AvgIpc) is 3.33. The Bertz CT molecular complexity index is 1220. The summed E-state index contributed by atoms with van der Waals surface area (Å²) in [5, 5.41) is 5.42. The Balaban J connectivity index is 1.35. The molecule has 5 rings (SSSR count). The fourth-order valence-electron chi connectivity index (χ4n) is 6.82. The third-order valence-corrected chi connectivity index (χ3v) is 8.78. The van der Waals surface area contributed by atoms with Crippen molar-refractivity contribution in [3.63, 3.8) is 0 Å². The summed E-state index contributed by atoms with van der Waals surface area (Å²) in [4.78, 5) is 15.4. The highest BCUT2D eigenvalue weighted by atomic mass is 19.4. The minimum absolute atomic E-state index is 0.119. The molecule has 2 N–H and O–H groups in total. The second-order valence-corrected chi connectivity index (χ2v) is 10.8. The van der Waals surface area contributed by atoms with E-state index in [0.717, 1.165) is 51.5 Å². The Morgan fingerprint density at radius 1 is 1.02 bits per heavy atom. The fourth-order valence-corrected chi connectivity index (χ4v) is 6.82. The molecule has 3 aliphatic rings. The molecule has 0 spiro atoms. The molecular formula is C29H35F4N3O4. The number of anilines is 1. The van der Waals surface area contributed by atoms with Gasteiger partial charge in [0.25, 0.3) is 0 Å². The minimum atomic E-state index is -4.86. The van der Waals surface area contributed by atoms with Crippen LogP contribution in [0.15, 0.2) is 36.4 Å². The first kappa shape index (κ1) is 28.5. The number of halogens is 4. The number of ether oxygens (including phenoxy) is 3. The lowest BCUT2D eigenvalue weighted by Gasteiger charge is -2.47. The van der Waals surface area contributed by atoms with Crippen molar-refractivity contribution in [2.45, 2.75) is 68.2 Å². The lowest BCUT2D eigenvalue weighted by Crippen LogP contribution is -2.55. The summed E-state index contributed by atoms with van der Waals surface area (Å²) in [5.41, 5.74) is -0.490. The van der Waals surface area contributed by atoms with Crippen molar-refractivity contribution in [1.82, 2.24) is 10.2 Å². The number of carbonyl (C=O) groups excluding carboxylic acids is 1. The number of likely N-dealkylation sites (tertiary alicyclic amines) is 1. The minimum Gasteiger partial charge on any atom is -0.493 e.